The zero-order valence-corrected chi connectivity index (χ0v) is 8.37. The molecule has 0 unspecified atom stereocenters. The fraction of sp³-hybridized carbons (Fsp3) is 0.167. The van der Waals surface area contributed by atoms with Gasteiger partial charge in [0.05, 0.1) is 0 Å². The molecule has 1 radical (unpaired) electrons. The van der Waals surface area contributed by atoms with E-state index in [4.69, 9.17) is 0 Å². The first-order valence-electron chi connectivity index (χ1n) is 3.50. The molecule has 71 valence electrons. The van der Waals surface area contributed by atoms with Gasteiger partial charge in [0.2, 0.25) is 0 Å². The third-order valence-corrected chi connectivity index (χ3v) is 1.12. The number of aryl methyl sites for hydroxylation is 2. The van der Waals surface area contributed by atoms with Gasteiger partial charge in [0.1, 0.15) is 0 Å². The van der Waals surface area contributed by atoms with Gasteiger partial charge in [-0.25, -0.2) is 13.8 Å². The first-order valence-corrected chi connectivity index (χ1v) is 3.50. The van der Waals surface area contributed by atoms with E-state index in [1.54, 1.807) is 0 Å². The molecule has 0 fully saturated rings. The van der Waals surface area contributed by atoms with Gasteiger partial charge in [-0.15, -0.1) is 0 Å². The molecule has 0 N–H and O–H groups in total. The summed E-state index contributed by atoms with van der Waals surface area (Å²) in [5.41, 5.74) is 1.96. The smallest absolute Gasteiger partial charge is 0.998 e. The van der Waals surface area contributed by atoms with E-state index in [0.29, 0.717) is 0 Å². The van der Waals surface area contributed by atoms with Crippen LogP contribution in [0.2, 0.25) is 0 Å². The Morgan fingerprint density at radius 2 is 0.846 bits per heavy atom. The number of rotatable bonds is 0. The summed E-state index contributed by atoms with van der Waals surface area (Å²) in [7, 11) is 0. The Labute approximate surface area is 90.5 Å². The molecule has 0 nitrogen and oxygen atoms in total. The van der Waals surface area contributed by atoms with Crippen LogP contribution in [0, 0.1) is 62.4 Å². The van der Waals surface area contributed by atoms with Crippen molar-refractivity contribution in [2.45, 2.75) is 13.8 Å². The molecule has 13 heavy (non-hydrogen) atoms. The van der Waals surface area contributed by atoms with Crippen molar-refractivity contribution in [3.8, 4) is 0 Å². The molecule has 0 saturated heterocycles. The van der Waals surface area contributed by atoms with Gasteiger partial charge < -0.3 is 59.7 Å². The molecule has 0 aliphatic carbocycles. The van der Waals surface area contributed by atoms with Gasteiger partial charge in [-0.2, -0.15) is 0 Å². The summed E-state index contributed by atoms with van der Waals surface area (Å²) < 4.78 is 0. The van der Waals surface area contributed by atoms with Gasteiger partial charge in [0.25, 0.3) is 0 Å². The van der Waals surface area contributed by atoms with Crippen LogP contribution >= 0.6 is 0 Å². The second kappa shape index (κ2) is 6.69. The maximum atomic E-state index is 2.76. The van der Waals surface area contributed by atoms with E-state index in [9.17, 15) is 0 Å². The molecule has 0 bridgehead atoms. The van der Waals surface area contributed by atoms with E-state index in [0.717, 1.165) is 11.1 Å². The summed E-state index contributed by atoms with van der Waals surface area (Å²) >= 11 is 0. The Balaban J connectivity index is 0.000000206. The molecule has 1 heteroatoms. The SMILES string of the molecule is C[c-]1[c-][c-][c-][c-]1.C[c-]1[c-][c-][c-][c-]1.[Co+2]. The zero-order valence-electron chi connectivity index (χ0n) is 7.33. The van der Waals surface area contributed by atoms with Crippen LogP contribution in [-0.4, -0.2) is 0 Å². The van der Waals surface area contributed by atoms with E-state index in [1.807, 2.05) is 13.8 Å². The first-order chi connectivity index (χ1) is 5.79. The zero-order chi connectivity index (χ0) is 8.81. The Bertz CT molecular complexity index is 245. The van der Waals surface area contributed by atoms with Crippen LogP contribution in [0.15, 0.2) is 0 Å². The van der Waals surface area contributed by atoms with Gasteiger partial charge in [0.15, 0.2) is 0 Å². The Hall–Kier alpha value is -0.794. The molecule has 0 aliphatic rings. The third kappa shape index (κ3) is 5.45. The minimum Gasteiger partial charge on any atom is -0.998 e. The van der Waals surface area contributed by atoms with E-state index >= 15 is 0 Å². The first kappa shape index (κ1) is 12.2. The Kier molecular flexibility index (Phi) is 6.28. The maximum absolute atomic E-state index is 2.76. The molecule has 0 atom stereocenters. The van der Waals surface area contributed by atoms with Crippen molar-refractivity contribution in [2.24, 2.45) is 0 Å². The topological polar surface area (TPSA) is 0 Å². The maximum Gasteiger partial charge on any atom is 2.00 e. The van der Waals surface area contributed by atoms with Gasteiger partial charge in [-0.1, -0.05) is 0 Å². The largest absolute Gasteiger partial charge is 2.00 e. The number of hydrogen-bond donors (Lipinski definition) is 0. The number of hydrogen-bond acceptors (Lipinski definition) is 0. The fourth-order valence-electron chi connectivity index (χ4n) is 0.562. The predicted molar refractivity (Wildman–Crippen MR) is 44.2 cm³/mol. The molecule has 0 amide bonds. The van der Waals surface area contributed by atoms with Crippen molar-refractivity contribution >= 4 is 0 Å². The average Bonchev–Trinajstić information content (AvgIpc) is 2.63. The summed E-state index contributed by atoms with van der Waals surface area (Å²) in [4.78, 5) is 0. The molecule has 0 aromatic heterocycles. The van der Waals surface area contributed by atoms with Crippen molar-refractivity contribution in [1.82, 2.24) is 0 Å². The second-order valence-electron chi connectivity index (χ2n) is 2.25. The summed E-state index contributed by atoms with van der Waals surface area (Å²) in [5.74, 6) is 0. The van der Waals surface area contributed by atoms with E-state index in [1.165, 1.54) is 0 Å². The van der Waals surface area contributed by atoms with Crippen molar-refractivity contribution in [3.05, 3.63) is 59.7 Å². The summed E-state index contributed by atoms with van der Waals surface area (Å²) in [6.07, 6.45) is 0. The summed E-state index contributed by atoms with van der Waals surface area (Å²) in [6, 6.07) is 21.6. The molecule has 2 aromatic rings. The van der Waals surface area contributed by atoms with Crippen molar-refractivity contribution < 1.29 is 16.8 Å². The minimum atomic E-state index is 0. The van der Waals surface area contributed by atoms with Crippen LogP contribution < -0.4 is 0 Å². The fourth-order valence-corrected chi connectivity index (χ4v) is 0.562. The Morgan fingerprint density at radius 3 is 0.923 bits per heavy atom. The van der Waals surface area contributed by atoms with Crippen LogP contribution in [0.5, 0.6) is 0 Å². The molecule has 0 heterocycles. The molecular weight excluding hydrogens is 203 g/mol. The summed E-state index contributed by atoms with van der Waals surface area (Å²) in [6.45, 7) is 3.82. The monoisotopic (exact) mass is 209 g/mol. The molecule has 2 aromatic carbocycles. The molecule has 0 aliphatic heterocycles. The van der Waals surface area contributed by atoms with Gasteiger partial charge in [0, 0.05) is 0 Å². The Morgan fingerprint density at radius 1 is 0.615 bits per heavy atom. The van der Waals surface area contributed by atoms with Crippen molar-refractivity contribution in [3.63, 3.8) is 0 Å². The van der Waals surface area contributed by atoms with Gasteiger partial charge in [-0.05, 0) is 0 Å². The van der Waals surface area contributed by atoms with Crippen LogP contribution in [0.25, 0.3) is 0 Å². The minimum absolute atomic E-state index is 0. The van der Waals surface area contributed by atoms with Crippen LogP contribution in [-0.2, 0) is 16.8 Å². The average molecular weight is 209 g/mol. The second-order valence-corrected chi connectivity index (χ2v) is 2.25. The predicted octanol–water partition coefficient (Wildman–Crippen LogP) is 1.83. The van der Waals surface area contributed by atoms with Crippen molar-refractivity contribution in [1.29, 1.82) is 0 Å². The van der Waals surface area contributed by atoms with Crippen LogP contribution in [0.1, 0.15) is 11.1 Å². The van der Waals surface area contributed by atoms with Crippen LogP contribution in [0.3, 0.4) is 0 Å². The molecule has 2 rings (SSSR count). The van der Waals surface area contributed by atoms with Gasteiger partial charge >= 0.3 is 16.8 Å². The van der Waals surface area contributed by atoms with E-state index in [2.05, 4.69) is 48.5 Å². The van der Waals surface area contributed by atoms with Gasteiger partial charge in [-0.3, -0.25) is 0 Å². The normalized spacial score (nSPS) is 8.15. The standard InChI is InChI=1S/2C6H3.Co/c2*1-6-4-2-3-5-6;/h2*1H3;/q2*-5;+2. The van der Waals surface area contributed by atoms with E-state index < -0.39 is 0 Å². The van der Waals surface area contributed by atoms with Crippen molar-refractivity contribution in [2.75, 3.05) is 0 Å². The molecule has 0 spiro atoms. The van der Waals surface area contributed by atoms with E-state index in [-0.39, 0.29) is 16.8 Å². The summed E-state index contributed by atoms with van der Waals surface area (Å²) in [5, 5.41) is 0. The molecular formula is C12H6Co-8. The third-order valence-electron chi connectivity index (χ3n) is 1.12. The quantitative estimate of drug-likeness (QED) is 0.580. The molecule has 0 saturated carbocycles. The van der Waals surface area contributed by atoms with Crippen LogP contribution in [0.4, 0.5) is 0 Å².